The van der Waals surface area contributed by atoms with Crippen molar-refractivity contribution in [2.24, 2.45) is 0 Å². The Morgan fingerprint density at radius 1 is 0.960 bits per heavy atom. The van der Waals surface area contributed by atoms with Crippen molar-refractivity contribution in [1.29, 1.82) is 0 Å². The topological polar surface area (TPSA) is 51.5 Å². The van der Waals surface area contributed by atoms with Crippen LogP contribution in [0, 0.1) is 5.82 Å². The lowest BCUT2D eigenvalue weighted by molar-refractivity contribution is 0.129. The average molecular weight is 339 g/mol. The second-order valence-electron chi connectivity index (χ2n) is 5.66. The van der Waals surface area contributed by atoms with Crippen LogP contribution < -0.4 is 10.3 Å². The van der Waals surface area contributed by atoms with Gasteiger partial charge in [-0.2, -0.15) is 0 Å². The second-order valence-corrected chi connectivity index (χ2v) is 5.66. The summed E-state index contributed by atoms with van der Waals surface area (Å²) in [6.07, 6.45) is 0.625. The molecule has 2 aromatic carbocycles. The van der Waals surface area contributed by atoms with Gasteiger partial charge in [0.15, 0.2) is 0 Å². The number of aromatic nitrogens is 1. The van der Waals surface area contributed by atoms with Crippen molar-refractivity contribution in [3.8, 4) is 5.75 Å². The van der Waals surface area contributed by atoms with Crippen molar-refractivity contribution in [2.75, 3.05) is 7.11 Å². The Morgan fingerprint density at radius 3 is 2.20 bits per heavy atom. The van der Waals surface area contributed by atoms with Gasteiger partial charge in [-0.05, 0) is 41.5 Å². The molecule has 3 rings (SSSR count). The van der Waals surface area contributed by atoms with E-state index in [-0.39, 0.29) is 11.4 Å². The van der Waals surface area contributed by atoms with Crippen LogP contribution in [0.25, 0.3) is 0 Å². The lowest BCUT2D eigenvalue weighted by Gasteiger charge is -2.26. The number of methoxy groups -OCH3 is 1. The van der Waals surface area contributed by atoms with Gasteiger partial charge in [0.1, 0.15) is 17.7 Å². The Balaban J connectivity index is 2.08. The van der Waals surface area contributed by atoms with E-state index < -0.39 is 12.1 Å². The van der Waals surface area contributed by atoms with Crippen LogP contribution in [0.1, 0.15) is 23.3 Å². The van der Waals surface area contributed by atoms with Gasteiger partial charge in [0.25, 0.3) is 5.56 Å². The Labute approximate surface area is 144 Å². The van der Waals surface area contributed by atoms with E-state index >= 15 is 0 Å². The number of aliphatic hydroxyl groups is 1. The number of pyridine rings is 1. The summed E-state index contributed by atoms with van der Waals surface area (Å²) in [6, 6.07) is 16.9. The third-order valence-corrected chi connectivity index (χ3v) is 4.12. The van der Waals surface area contributed by atoms with E-state index in [9.17, 15) is 14.3 Å². The summed E-state index contributed by atoms with van der Waals surface area (Å²) in [5, 5.41) is 11.0. The minimum atomic E-state index is -0.989. The normalized spacial score (nSPS) is 13.2. The smallest absolute Gasteiger partial charge is 0.251 e. The molecule has 0 aliphatic rings. The van der Waals surface area contributed by atoms with E-state index in [1.165, 1.54) is 22.8 Å². The second kappa shape index (κ2) is 7.32. The Bertz CT molecular complexity index is 888. The quantitative estimate of drug-likeness (QED) is 0.776. The Kier molecular flexibility index (Phi) is 4.95. The fraction of sp³-hybridized carbons (Fsp3) is 0.150. The number of rotatable bonds is 5. The molecule has 0 radical (unpaired) electrons. The zero-order valence-corrected chi connectivity index (χ0v) is 13.7. The lowest BCUT2D eigenvalue weighted by atomic mass is 9.95. The molecule has 0 spiro atoms. The van der Waals surface area contributed by atoms with Crippen LogP contribution in [0.4, 0.5) is 4.39 Å². The number of nitrogens with zero attached hydrogens (tertiary/aromatic N) is 1. The van der Waals surface area contributed by atoms with Gasteiger partial charge >= 0.3 is 0 Å². The Morgan fingerprint density at radius 2 is 1.60 bits per heavy atom. The van der Waals surface area contributed by atoms with Crippen LogP contribution in [0.5, 0.6) is 5.75 Å². The predicted octanol–water partition coefficient (Wildman–Crippen LogP) is 3.32. The van der Waals surface area contributed by atoms with Gasteiger partial charge in [-0.15, -0.1) is 0 Å². The highest BCUT2D eigenvalue weighted by molar-refractivity contribution is 5.32. The number of ether oxygens (including phenoxy) is 1. The molecule has 2 atom stereocenters. The first-order valence-corrected chi connectivity index (χ1v) is 7.85. The van der Waals surface area contributed by atoms with E-state index in [1.807, 2.05) is 0 Å². The maximum Gasteiger partial charge on any atom is 0.251 e. The molecule has 1 heterocycles. The van der Waals surface area contributed by atoms with Crippen molar-refractivity contribution >= 4 is 0 Å². The maximum absolute atomic E-state index is 13.3. The van der Waals surface area contributed by atoms with E-state index in [0.29, 0.717) is 16.9 Å². The molecule has 0 aliphatic heterocycles. The standard InChI is InChI=1S/C20H18FNO3/c1-25-17-11-7-15(8-12-17)20(24)19(14-5-9-16(21)10-6-14)22-13-3-2-4-18(22)23/h2-13,19-20,24H,1H3/t19-,20+/m0/s1. The lowest BCUT2D eigenvalue weighted by Crippen LogP contribution is -2.28. The van der Waals surface area contributed by atoms with Gasteiger partial charge in [-0.3, -0.25) is 4.79 Å². The highest BCUT2D eigenvalue weighted by Gasteiger charge is 2.25. The molecular weight excluding hydrogens is 321 g/mol. The third kappa shape index (κ3) is 3.61. The van der Waals surface area contributed by atoms with Gasteiger partial charge in [0.2, 0.25) is 0 Å². The van der Waals surface area contributed by atoms with Crippen molar-refractivity contribution < 1.29 is 14.2 Å². The molecule has 0 bridgehead atoms. The van der Waals surface area contributed by atoms with Crippen LogP contribution in [0.15, 0.2) is 77.7 Å². The van der Waals surface area contributed by atoms with Crippen LogP contribution in [-0.2, 0) is 0 Å². The molecule has 1 N–H and O–H groups in total. The van der Waals surface area contributed by atoms with E-state index in [0.717, 1.165) is 0 Å². The van der Waals surface area contributed by atoms with E-state index in [4.69, 9.17) is 4.74 Å². The molecule has 0 saturated carbocycles. The van der Waals surface area contributed by atoms with Crippen LogP contribution in [0.2, 0.25) is 0 Å². The first kappa shape index (κ1) is 16.9. The number of halogens is 1. The summed E-state index contributed by atoms with van der Waals surface area (Å²) >= 11 is 0. The molecule has 3 aromatic rings. The first-order valence-electron chi connectivity index (χ1n) is 7.85. The molecule has 0 fully saturated rings. The highest BCUT2D eigenvalue weighted by Crippen LogP contribution is 2.32. The predicted molar refractivity (Wildman–Crippen MR) is 93.2 cm³/mol. The molecular formula is C20H18FNO3. The molecule has 5 heteroatoms. The first-order chi connectivity index (χ1) is 12.1. The minimum absolute atomic E-state index is 0.246. The van der Waals surface area contributed by atoms with Gasteiger partial charge in [0, 0.05) is 12.3 Å². The summed E-state index contributed by atoms with van der Waals surface area (Å²) < 4.78 is 19.9. The SMILES string of the molecule is COc1ccc([C@@H](O)[C@H](c2ccc(F)cc2)n2ccccc2=O)cc1. The molecule has 0 aliphatic carbocycles. The van der Waals surface area contributed by atoms with Crippen LogP contribution in [0.3, 0.4) is 0 Å². The fourth-order valence-corrected chi connectivity index (χ4v) is 2.81. The summed E-state index contributed by atoms with van der Waals surface area (Å²) in [6.45, 7) is 0. The number of hydrogen-bond acceptors (Lipinski definition) is 3. The number of hydrogen-bond donors (Lipinski definition) is 1. The van der Waals surface area contributed by atoms with Crippen molar-refractivity contribution in [2.45, 2.75) is 12.1 Å². The molecule has 4 nitrogen and oxygen atoms in total. The molecule has 0 saturated heterocycles. The molecule has 1 aromatic heterocycles. The van der Waals surface area contributed by atoms with Crippen molar-refractivity contribution in [3.05, 3.63) is 100 Å². The van der Waals surface area contributed by atoms with Gasteiger partial charge in [-0.25, -0.2) is 4.39 Å². The molecule has 0 amide bonds. The van der Waals surface area contributed by atoms with E-state index in [2.05, 4.69) is 0 Å². The summed E-state index contributed by atoms with van der Waals surface area (Å²) in [7, 11) is 1.57. The third-order valence-electron chi connectivity index (χ3n) is 4.12. The largest absolute Gasteiger partial charge is 0.497 e. The zero-order chi connectivity index (χ0) is 17.8. The minimum Gasteiger partial charge on any atom is -0.497 e. The molecule has 0 unspecified atom stereocenters. The zero-order valence-electron chi connectivity index (χ0n) is 13.7. The van der Waals surface area contributed by atoms with Gasteiger partial charge < -0.3 is 14.4 Å². The summed E-state index contributed by atoms with van der Waals surface area (Å²) in [5.74, 6) is 0.299. The maximum atomic E-state index is 13.3. The van der Waals surface area contributed by atoms with Crippen molar-refractivity contribution in [3.63, 3.8) is 0 Å². The van der Waals surface area contributed by atoms with Gasteiger partial charge in [-0.1, -0.05) is 30.3 Å². The summed E-state index contributed by atoms with van der Waals surface area (Å²) in [5.41, 5.74) is 1.02. The molecule has 128 valence electrons. The monoisotopic (exact) mass is 339 g/mol. The van der Waals surface area contributed by atoms with Crippen molar-refractivity contribution in [1.82, 2.24) is 4.57 Å². The Hall–Kier alpha value is -2.92. The fourth-order valence-electron chi connectivity index (χ4n) is 2.81. The van der Waals surface area contributed by atoms with Crippen LogP contribution in [-0.4, -0.2) is 16.8 Å². The summed E-state index contributed by atoms with van der Waals surface area (Å²) in [4.78, 5) is 12.3. The van der Waals surface area contributed by atoms with Gasteiger partial charge in [0.05, 0.1) is 13.2 Å². The highest BCUT2D eigenvalue weighted by atomic mass is 19.1. The average Bonchev–Trinajstić information content (AvgIpc) is 2.65. The van der Waals surface area contributed by atoms with Crippen LogP contribution >= 0.6 is 0 Å². The van der Waals surface area contributed by atoms with E-state index in [1.54, 1.807) is 61.8 Å². The molecule has 25 heavy (non-hydrogen) atoms. The number of aliphatic hydroxyl groups excluding tert-OH is 1. The number of benzene rings is 2.